The van der Waals surface area contributed by atoms with Gasteiger partial charge in [-0.05, 0) is 54.9 Å². The van der Waals surface area contributed by atoms with Gasteiger partial charge in [-0.15, -0.1) is 0 Å². The molecule has 3 unspecified atom stereocenters. The van der Waals surface area contributed by atoms with Crippen LogP contribution in [0.15, 0.2) is 36.9 Å². The van der Waals surface area contributed by atoms with Gasteiger partial charge in [0.1, 0.15) is 11.5 Å². The van der Waals surface area contributed by atoms with Gasteiger partial charge in [0.15, 0.2) is 0 Å². The number of hydrogen-bond donors (Lipinski definition) is 3. The van der Waals surface area contributed by atoms with E-state index in [9.17, 15) is 4.79 Å². The number of hydrogen-bond acceptors (Lipinski definition) is 5. The second-order valence-corrected chi connectivity index (χ2v) is 9.49. The van der Waals surface area contributed by atoms with E-state index in [2.05, 4.69) is 22.7 Å². The molecule has 4 atom stereocenters. The number of benzene rings is 2. The first-order valence-electron chi connectivity index (χ1n) is 10.7. The van der Waals surface area contributed by atoms with Gasteiger partial charge in [-0.3, -0.25) is 10.2 Å². The molecule has 2 fully saturated rings. The summed E-state index contributed by atoms with van der Waals surface area (Å²) in [7, 11) is 3.16. The Hall–Kier alpha value is -1.96. The predicted molar refractivity (Wildman–Crippen MR) is 133 cm³/mol. The van der Waals surface area contributed by atoms with Crippen molar-refractivity contribution in [3.05, 3.63) is 63.1 Å². The SMILES string of the molecule is C=CC(=O)Nc1cc(Cl)ccc1C1NNC2C[C@H](c3c(Cl)c(OC)cc(OC)c3Cl)CCC21. The zero-order valence-electron chi connectivity index (χ0n) is 18.4. The van der Waals surface area contributed by atoms with Gasteiger partial charge in [0, 0.05) is 28.4 Å². The zero-order valence-corrected chi connectivity index (χ0v) is 20.7. The maximum Gasteiger partial charge on any atom is 0.247 e. The van der Waals surface area contributed by atoms with E-state index in [4.69, 9.17) is 44.3 Å². The lowest BCUT2D eigenvalue weighted by Crippen LogP contribution is -2.35. The maximum atomic E-state index is 12.0. The predicted octanol–water partition coefficient (Wildman–Crippen LogP) is 5.89. The highest BCUT2D eigenvalue weighted by Gasteiger charge is 2.43. The Labute approximate surface area is 208 Å². The van der Waals surface area contributed by atoms with Crippen molar-refractivity contribution in [2.75, 3.05) is 19.5 Å². The number of nitrogens with one attached hydrogen (secondary N) is 3. The number of carbonyl (C=O) groups is 1. The van der Waals surface area contributed by atoms with Crippen molar-refractivity contribution >= 4 is 46.4 Å². The van der Waals surface area contributed by atoms with Crippen LogP contribution in [0.3, 0.4) is 0 Å². The minimum absolute atomic E-state index is 0.0131. The highest BCUT2D eigenvalue weighted by Crippen LogP contribution is 2.51. The number of ether oxygens (including phenoxy) is 2. The minimum Gasteiger partial charge on any atom is -0.495 e. The fourth-order valence-electron chi connectivity index (χ4n) is 4.99. The molecule has 6 nitrogen and oxygen atoms in total. The van der Waals surface area contributed by atoms with Gasteiger partial charge in [-0.25, -0.2) is 5.43 Å². The van der Waals surface area contributed by atoms with Crippen LogP contribution in [0.1, 0.15) is 42.3 Å². The molecule has 9 heteroatoms. The summed E-state index contributed by atoms with van der Waals surface area (Å²) in [4.78, 5) is 12.0. The molecule has 1 aliphatic heterocycles. The Morgan fingerprint density at radius 2 is 1.79 bits per heavy atom. The fourth-order valence-corrected chi connectivity index (χ4v) is 5.97. The van der Waals surface area contributed by atoms with Crippen LogP contribution in [0.25, 0.3) is 0 Å². The Morgan fingerprint density at radius 3 is 2.42 bits per heavy atom. The van der Waals surface area contributed by atoms with Gasteiger partial charge in [0.25, 0.3) is 0 Å². The molecule has 1 amide bonds. The highest BCUT2D eigenvalue weighted by atomic mass is 35.5. The molecular weight excluding hydrogens is 485 g/mol. The zero-order chi connectivity index (χ0) is 23.7. The van der Waals surface area contributed by atoms with E-state index in [0.29, 0.717) is 38.2 Å². The highest BCUT2D eigenvalue weighted by molar-refractivity contribution is 6.38. The monoisotopic (exact) mass is 509 g/mol. The van der Waals surface area contributed by atoms with E-state index in [0.717, 1.165) is 30.4 Å². The molecule has 2 aromatic rings. The van der Waals surface area contributed by atoms with Gasteiger partial charge in [-0.2, -0.15) is 0 Å². The first-order chi connectivity index (χ1) is 15.9. The molecule has 1 heterocycles. The van der Waals surface area contributed by atoms with E-state index in [1.165, 1.54) is 6.08 Å². The summed E-state index contributed by atoms with van der Waals surface area (Å²) in [6.45, 7) is 3.54. The molecule has 0 bridgehead atoms. The van der Waals surface area contributed by atoms with Crippen LogP contribution in [-0.4, -0.2) is 26.2 Å². The van der Waals surface area contributed by atoms with Gasteiger partial charge in [0.05, 0.1) is 30.3 Å². The molecule has 0 radical (unpaired) electrons. The topological polar surface area (TPSA) is 71.6 Å². The number of carbonyl (C=O) groups excluding carboxylic acids is 1. The van der Waals surface area contributed by atoms with Gasteiger partial charge in [-0.1, -0.05) is 47.4 Å². The van der Waals surface area contributed by atoms with Crippen molar-refractivity contribution in [1.82, 2.24) is 10.9 Å². The van der Waals surface area contributed by atoms with Crippen LogP contribution in [0.4, 0.5) is 5.69 Å². The summed E-state index contributed by atoms with van der Waals surface area (Å²) < 4.78 is 10.9. The van der Waals surface area contributed by atoms with Crippen molar-refractivity contribution in [3.63, 3.8) is 0 Å². The molecule has 2 aliphatic rings. The summed E-state index contributed by atoms with van der Waals surface area (Å²) in [6.07, 6.45) is 3.92. The molecule has 1 saturated heterocycles. The number of fused-ring (bicyclic) bond motifs is 1. The molecule has 176 valence electrons. The third-order valence-corrected chi connectivity index (χ3v) is 7.58. The van der Waals surface area contributed by atoms with Crippen molar-refractivity contribution < 1.29 is 14.3 Å². The Balaban J connectivity index is 1.60. The number of hydrazine groups is 1. The average molecular weight is 511 g/mol. The van der Waals surface area contributed by atoms with Crippen molar-refractivity contribution in [3.8, 4) is 11.5 Å². The summed E-state index contributed by atoms with van der Waals surface area (Å²) in [6, 6.07) is 7.47. The molecule has 1 saturated carbocycles. The quantitative estimate of drug-likeness (QED) is 0.423. The third kappa shape index (κ3) is 4.68. The van der Waals surface area contributed by atoms with Crippen molar-refractivity contribution in [2.24, 2.45) is 5.92 Å². The summed E-state index contributed by atoms with van der Waals surface area (Å²) in [5, 5.41) is 4.49. The van der Waals surface area contributed by atoms with Gasteiger partial charge in [0.2, 0.25) is 5.91 Å². The average Bonchev–Trinajstić information content (AvgIpc) is 3.22. The second kappa shape index (κ2) is 10.1. The lowest BCUT2D eigenvalue weighted by molar-refractivity contribution is -0.111. The number of amides is 1. The summed E-state index contributed by atoms with van der Waals surface area (Å²) >= 11 is 19.6. The van der Waals surface area contributed by atoms with Crippen molar-refractivity contribution in [1.29, 1.82) is 0 Å². The molecule has 0 aromatic heterocycles. The largest absolute Gasteiger partial charge is 0.495 e. The number of rotatable bonds is 6. The molecular formula is C24H26Cl3N3O3. The molecule has 4 rings (SSSR count). The normalized spacial score (nSPS) is 24.2. The van der Waals surface area contributed by atoms with Crippen LogP contribution in [0.5, 0.6) is 11.5 Å². The number of anilines is 1. The van der Waals surface area contributed by atoms with E-state index >= 15 is 0 Å². The van der Waals surface area contributed by atoms with Crippen LogP contribution in [0, 0.1) is 5.92 Å². The Kier molecular flexibility index (Phi) is 7.41. The summed E-state index contributed by atoms with van der Waals surface area (Å²) in [5.41, 5.74) is 9.40. The van der Waals surface area contributed by atoms with E-state index in [-0.39, 0.29) is 23.9 Å². The van der Waals surface area contributed by atoms with Crippen LogP contribution in [0.2, 0.25) is 15.1 Å². The lowest BCUT2D eigenvalue weighted by atomic mass is 9.72. The Morgan fingerprint density at radius 1 is 1.09 bits per heavy atom. The number of halogens is 3. The van der Waals surface area contributed by atoms with E-state index in [1.54, 1.807) is 26.4 Å². The molecule has 1 aliphatic carbocycles. The lowest BCUT2D eigenvalue weighted by Gasteiger charge is -2.34. The maximum absolute atomic E-state index is 12.0. The van der Waals surface area contributed by atoms with E-state index in [1.807, 2.05) is 12.1 Å². The minimum atomic E-state index is -0.277. The van der Waals surface area contributed by atoms with Crippen molar-refractivity contribution in [2.45, 2.75) is 37.3 Å². The van der Waals surface area contributed by atoms with E-state index < -0.39 is 0 Å². The van der Waals surface area contributed by atoms with Crippen LogP contribution >= 0.6 is 34.8 Å². The van der Waals surface area contributed by atoms with Crippen LogP contribution in [-0.2, 0) is 4.79 Å². The van der Waals surface area contributed by atoms with Gasteiger partial charge >= 0.3 is 0 Å². The Bertz CT molecular complexity index is 1050. The molecule has 3 N–H and O–H groups in total. The molecule has 33 heavy (non-hydrogen) atoms. The van der Waals surface area contributed by atoms with Crippen LogP contribution < -0.4 is 25.6 Å². The smallest absolute Gasteiger partial charge is 0.247 e. The first kappa shape index (κ1) is 24.2. The summed E-state index contributed by atoms with van der Waals surface area (Å²) in [5.74, 6) is 1.28. The second-order valence-electron chi connectivity index (χ2n) is 8.29. The first-order valence-corrected chi connectivity index (χ1v) is 11.8. The third-order valence-electron chi connectivity index (χ3n) is 6.57. The molecule has 2 aromatic carbocycles. The van der Waals surface area contributed by atoms with Gasteiger partial charge < -0.3 is 14.8 Å². The number of methoxy groups -OCH3 is 2. The molecule has 0 spiro atoms. The fraction of sp³-hybridized carbons (Fsp3) is 0.375. The standard InChI is InChI=1S/C24H26Cl3N3O3/c1-4-20(31)28-16-10-13(25)6-8-14(16)24-15-7-5-12(9-17(15)29-30-24)21-22(26)18(32-2)11-19(33-3)23(21)27/h4,6,8,10-12,15,17,24,29-30H,1,5,7,9H2,2-3H3,(H,28,31)/t12-,15?,17?,24?/m1/s1.